The van der Waals surface area contributed by atoms with E-state index >= 15 is 0 Å². The average molecular weight is 323 g/mol. The summed E-state index contributed by atoms with van der Waals surface area (Å²) >= 11 is 0. The van der Waals surface area contributed by atoms with Gasteiger partial charge >= 0.3 is 0 Å². The Morgan fingerprint density at radius 1 is 1.08 bits per heavy atom. The van der Waals surface area contributed by atoms with E-state index in [2.05, 4.69) is 30.1 Å². The van der Waals surface area contributed by atoms with Gasteiger partial charge < -0.3 is 10.2 Å². The van der Waals surface area contributed by atoms with Crippen molar-refractivity contribution in [3.8, 4) is 6.07 Å². The Hall–Kier alpha value is -2.72. The first-order valence-electron chi connectivity index (χ1n) is 8.19. The van der Waals surface area contributed by atoms with Crippen LogP contribution in [0.5, 0.6) is 0 Å². The first kappa shape index (κ1) is 16.1. The van der Waals surface area contributed by atoms with Crippen LogP contribution in [0.25, 0.3) is 0 Å². The Bertz CT molecular complexity index is 658. The van der Waals surface area contributed by atoms with Gasteiger partial charge in [-0.3, -0.25) is 4.90 Å². The topological polar surface area (TPSA) is 81.0 Å². The largest absolute Gasteiger partial charge is 0.384 e. The predicted molar refractivity (Wildman–Crippen MR) is 92.7 cm³/mol. The standard InChI is InChI=1S/C17H21N7/c18-13-15-3-4-16(14-22-15)19-7-2-8-23-9-11-24(12-10-23)17-20-5-1-6-21-17/h1,3-6,14,19H,2,7-12H2. The monoisotopic (exact) mass is 323 g/mol. The molecule has 0 saturated carbocycles. The molecule has 1 aliphatic rings. The molecule has 3 rings (SSSR count). The molecule has 7 heteroatoms. The molecule has 0 spiro atoms. The van der Waals surface area contributed by atoms with E-state index in [1.54, 1.807) is 24.7 Å². The molecule has 0 amide bonds. The summed E-state index contributed by atoms with van der Waals surface area (Å²) < 4.78 is 0. The smallest absolute Gasteiger partial charge is 0.225 e. The molecule has 1 aliphatic heterocycles. The van der Waals surface area contributed by atoms with Crippen molar-refractivity contribution in [3.63, 3.8) is 0 Å². The lowest BCUT2D eigenvalue weighted by Gasteiger charge is -2.34. The Morgan fingerprint density at radius 3 is 2.54 bits per heavy atom. The number of nitriles is 1. The highest BCUT2D eigenvalue weighted by atomic mass is 15.3. The quantitative estimate of drug-likeness (QED) is 0.804. The summed E-state index contributed by atoms with van der Waals surface area (Å²) in [5.74, 6) is 0.826. The van der Waals surface area contributed by atoms with Crippen molar-refractivity contribution in [2.75, 3.05) is 49.5 Å². The van der Waals surface area contributed by atoms with E-state index in [0.29, 0.717) is 5.69 Å². The predicted octanol–water partition coefficient (Wildman–Crippen LogP) is 1.37. The number of anilines is 2. The molecule has 0 aromatic carbocycles. The molecule has 0 bridgehead atoms. The number of nitrogens with zero attached hydrogens (tertiary/aromatic N) is 6. The maximum absolute atomic E-state index is 8.73. The zero-order valence-electron chi connectivity index (χ0n) is 13.6. The molecule has 1 saturated heterocycles. The van der Waals surface area contributed by atoms with Crippen molar-refractivity contribution in [3.05, 3.63) is 42.5 Å². The summed E-state index contributed by atoms with van der Waals surface area (Å²) in [5, 5.41) is 12.1. The fraction of sp³-hybridized carbons (Fsp3) is 0.412. The van der Waals surface area contributed by atoms with Crippen molar-refractivity contribution in [1.82, 2.24) is 19.9 Å². The lowest BCUT2D eigenvalue weighted by molar-refractivity contribution is 0.256. The molecule has 3 heterocycles. The van der Waals surface area contributed by atoms with E-state index in [1.807, 2.05) is 18.2 Å². The minimum absolute atomic E-state index is 0.445. The molecule has 124 valence electrons. The third-order valence-corrected chi connectivity index (χ3v) is 4.07. The van der Waals surface area contributed by atoms with Crippen molar-refractivity contribution in [2.24, 2.45) is 0 Å². The highest BCUT2D eigenvalue weighted by molar-refractivity contribution is 5.42. The Kier molecular flexibility index (Phi) is 5.53. The van der Waals surface area contributed by atoms with Crippen LogP contribution < -0.4 is 10.2 Å². The van der Waals surface area contributed by atoms with Gasteiger partial charge in [0.2, 0.25) is 5.95 Å². The van der Waals surface area contributed by atoms with Gasteiger partial charge in [0.25, 0.3) is 0 Å². The van der Waals surface area contributed by atoms with Crippen molar-refractivity contribution >= 4 is 11.6 Å². The minimum Gasteiger partial charge on any atom is -0.384 e. The number of hydrogen-bond acceptors (Lipinski definition) is 7. The molecule has 7 nitrogen and oxygen atoms in total. The second-order valence-corrected chi connectivity index (χ2v) is 5.70. The van der Waals surface area contributed by atoms with Crippen LogP contribution >= 0.6 is 0 Å². The third-order valence-electron chi connectivity index (χ3n) is 4.07. The number of piperazine rings is 1. The first-order chi connectivity index (χ1) is 11.8. The fourth-order valence-corrected chi connectivity index (χ4v) is 2.73. The number of pyridine rings is 1. The van der Waals surface area contributed by atoms with E-state index in [-0.39, 0.29) is 0 Å². The van der Waals surface area contributed by atoms with Crippen LogP contribution in [-0.4, -0.2) is 59.1 Å². The maximum atomic E-state index is 8.73. The van der Waals surface area contributed by atoms with Gasteiger partial charge in [-0.05, 0) is 31.2 Å². The molecular formula is C17H21N7. The minimum atomic E-state index is 0.445. The van der Waals surface area contributed by atoms with Gasteiger partial charge in [-0.25, -0.2) is 15.0 Å². The summed E-state index contributed by atoms with van der Waals surface area (Å²) in [6, 6.07) is 7.49. The highest BCUT2D eigenvalue weighted by Gasteiger charge is 2.17. The van der Waals surface area contributed by atoms with Gasteiger partial charge in [-0.1, -0.05) is 0 Å². The summed E-state index contributed by atoms with van der Waals surface area (Å²) in [4.78, 5) is 17.4. The molecule has 0 unspecified atom stereocenters. The molecule has 2 aromatic heterocycles. The van der Waals surface area contributed by atoms with E-state index < -0.39 is 0 Å². The Labute approximate surface area is 142 Å². The summed E-state index contributed by atoms with van der Waals surface area (Å²) in [5.41, 5.74) is 1.40. The highest BCUT2D eigenvalue weighted by Crippen LogP contribution is 2.10. The van der Waals surface area contributed by atoms with Crippen LogP contribution in [0.15, 0.2) is 36.8 Å². The summed E-state index contributed by atoms with van der Waals surface area (Å²) in [6.07, 6.45) is 6.36. The van der Waals surface area contributed by atoms with Gasteiger partial charge in [0.15, 0.2) is 0 Å². The fourth-order valence-electron chi connectivity index (χ4n) is 2.73. The van der Waals surface area contributed by atoms with Crippen LogP contribution in [0.4, 0.5) is 11.6 Å². The Balaban J connectivity index is 1.34. The molecule has 0 aliphatic carbocycles. The second-order valence-electron chi connectivity index (χ2n) is 5.70. The van der Waals surface area contributed by atoms with Gasteiger partial charge in [0.1, 0.15) is 11.8 Å². The van der Waals surface area contributed by atoms with Crippen LogP contribution in [0.3, 0.4) is 0 Å². The van der Waals surface area contributed by atoms with Crippen LogP contribution in [0.2, 0.25) is 0 Å². The zero-order chi connectivity index (χ0) is 16.6. The van der Waals surface area contributed by atoms with Crippen molar-refractivity contribution in [2.45, 2.75) is 6.42 Å². The Morgan fingerprint density at radius 2 is 1.88 bits per heavy atom. The maximum Gasteiger partial charge on any atom is 0.225 e. The lowest BCUT2D eigenvalue weighted by Crippen LogP contribution is -2.47. The average Bonchev–Trinajstić information content (AvgIpc) is 2.67. The molecular weight excluding hydrogens is 302 g/mol. The van der Waals surface area contributed by atoms with Crippen LogP contribution in [-0.2, 0) is 0 Å². The zero-order valence-corrected chi connectivity index (χ0v) is 13.6. The van der Waals surface area contributed by atoms with Gasteiger partial charge in [-0.15, -0.1) is 0 Å². The first-order valence-corrected chi connectivity index (χ1v) is 8.19. The summed E-state index contributed by atoms with van der Waals surface area (Å²) in [6.45, 7) is 5.98. The van der Waals surface area contributed by atoms with E-state index in [9.17, 15) is 0 Å². The molecule has 24 heavy (non-hydrogen) atoms. The SMILES string of the molecule is N#Cc1ccc(NCCCN2CCN(c3ncccn3)CC2)cn1. The molecule has 2 aromatic rings. The second kappa shape index (κ2) is 8.22. The van der Waals surface area contributed by atoms with E-state index in [4.69, 9.17) is 5.26 Å². The summed E-state index contributed by atoms with van der Waals surface area (Å²) in [7, 11) is 0. The third kappa shape index (κ3) is 4.40. The number of nitrogens with one attached hydrogen (secondary N) is 1. The normalized spacial score (nSPS) is 15.0. The van der Waals surface area contributed by atoms with Gasteiger partial charge in [-0.2, -0.15) is 5.26 Å². The van der Waals surface area contributed by atoms with E-state index in [0.717, 1.165) is 57.3 Å². The molecule has 0 atom stereocenters. The van der Waals surface area contributed by atoms with Gasteiger partial charge in [0.05, 0.1) is 11.9 Å². The van der Waals surface area contributed by atoms with Crippen molar-refractivity contribution < 1.29 is 0 Å². The van der Waals surface area contributed by atoms with Crippen molar-refractivity contribution in [1.29, 1.82) is 5.26 Å². The lowest BCUT2D eigenvalue weighted by atomic mass is 10.3. The van der Waals surface area contributed by atoms with Gasteiger partial charge in [0, 0.05) is 45.1 Å². The number of rotatable bonds is 6. The number of hydrogen-bond donors (Lipinski definition) is 1. The molecule has 1 N–H and O–H groups in total. The van der Waals surface area contributed by atoms with Crippen LogP contribution in [0.1, 0.15) is 12.1 Å². The van der Waals surface area contributed by atoms with E-state index in [1.165, 1.54) is 0 Å². The molecule has 1 fully saturated rings. The van der Waals surface area contributed by atoms with Crippen LogP contribution in [0, 0.1) is 11.3 Å². The number of aromatic nitrogens is 3. The molecule has 0 radical (unpaired) electrons.